The van der Waals surface area contributed by atoms with Crippen molar-refractivity contribution >= 4 is 69.2 Å². The molecule has 0 aliphatic carbocycles. The molecule has 0 unspecified atom stereocenters. The third-order valence-corrected chi connectivity index (χ3v) is 16.8. The minimum atomic E-state index is -0.852. The first kappa shape index (κ1) is 41.0. The Morgan fingerprint density at radius 1 is 0.226 bits per heavy atom. The van der Waals surface area contributed by atoms with Gasteiger partial charge in [-0.3, -0.25) is 0 Å². The fourth-order valence-corrected chi connectivity index (χ4v) is 13.9. The van der Waals surface area contributed by atoms with Gasteiger partial charge in [0, 0.05) is 0 Å². The van der Waals surface area contributed by atoms with E-state index in [1.165, 1.54) is 97.9 Å². The summed E-state index contributed by atoms with van der Waals surface area (Å²) in [5.41, 5.74) is 10.9. The molecule has 0 saturated carbocycles. The van der Waals surface area contributed by atoms with E-state index in [1.54, 1.807) is 0 Å². The van der Waals surface area contributed by atoms with Crippen LogP contribution in [-0.4, -0.2) is 0 Å². The quantitative estimate of drug-likeness (QED) is 0.134. The van der Waals surface area contributed by atoms with Crippen LogP contribution in [0.5, 0.6) is 0 Å². The lowest BCUT2D eigenvalue weighted by Crippen LogP contribution is -2.26. The predicted molar refractivity (Wildman–Crippen MR) is 275 cm³/mol. The molecule has 0 bridgehead atoms. The number of hydrogen-bond acceptors (Lipinski definition) is 0. The summed E-state index contributed by atoms with van der Waals surface area (Å²) in [6, 6.07) is 84.8. The molecule has 0 radical (unpaired) electrons. The van der Waals surface area contributed by atoms with Gasteiger partial charge >= 0.3 is 0 Å². The van der Waals surface area contributed by atoms with Gasteiger partial charge in [0.1, 0.15) is 0 Å². The summed E-state index contributed by atoms with van der Waals surface area (Å²) >= 11 is 0. The van der Waals surface area contributed by atoms with E-state index in [4.69, 9.17) is 0 Å². The Morgan fingerprint density at radius 3 is 0.806 bits per heavy atom. The van der Waals surface area contributed by atoms with Crippen LogP contribution < -0.4 is 31.8 Å². The van der Waals surface area contributed by atoms with Crippen LogP contribution in [0.1, 0.15) is 22.3 Å². The van der Waals surface area contributed by atoms with E-state index in [2.05, 4.69) is 258 Å². The summed E-state index contributed by atoms with van der Waals surface area (Å²) in [6.07, 6.45) is 0. The monoisotopic (exact) mass is 832 g/mol. The van der Waals surface area contributed by atoms with Crippen LogP contribution in [0.4, 0.5) is 0 Å². The van der Waals surface area contributed by atoms with Crippen molar-refractivity contribution in [2.24, 2.45) is 0 Å². The fraction of sp³-hybridized carbons (Fsp3) is 0.0667. The van der Waals surface area contributed by atoms with Gasteiger partial charge in [-0.2, -0.15) is 0 Å². The first-order chi connectivity index (χ1) is 30.5. The van der Waals surface area contributed by atoms with E-state index >= 15 is 0 Å². The third-order valence-electron chi connectivity index (χ3n) is 11.8. The zero-order valence-corrected chi connectivity index (χ0v) is 37.6. The number of aryl methyl sites for hydroxylation is 4. The smallest absolute Gasteiger partial charge is 0.000884 e. The van der Waals surface area contributed by atoms with Gasteiger partial charge in [0.05, 0.1) is 0 Å². The number of hydrogen-bond donors (Lipinski definition) is 0. The Morgan fingerprint density at radius 2 is 0.500 bits per heavy atom. The molecule has 0 heterocycles. The van der Waals surface area contributed by atoms with Gasteiger partial charge in [-0.1, -0.05) is 231 Å². The van der Waals surface area contributed by atoms with Crippen LogP contribution in [0, 0.1) is 27.7 Å². The molecule has 0 N–H and O–H groups in total. The van der Waals surface area contributed by atoms with Crippen molar-refractivity contribution in [3.05, 3.63) is 253 Å². The Kier molecular flexibility index (Phi) is 12.3. The molecular weight excluding hydrogens is 783 g/mol. The second-order valence-electron chi connectivity index (χ2n) is 15.9. The minimum absolute atomic E-state index is 0.852. The summed E-state index contributed by atoms with van der Waals surface area (Å²) in [4.78, 5) is 0. The highest BCUT2D eigenvalue weighted by atomic mass is 31.1. The van der Waals surface area contributed by atoms with Gasteiger partial charge in [0.15, 0.2) is 0 Å². The van der Waals surface area contributed by atoms with E-state index in [-0.39, 0.29) is 0 Å². The molecule has 0 saturated heterocycles. The van der Waals surface area contributed by atoms with Crippen LogP contribution in [0.3, 0.4) is 0 Å². The Balaban J connectivity index is 0.000000258. The molecule has 0 amide bonds. The molecule has 10 rings (SSSR count). The van der Waals surface area contributed by atoms with E-state index < -0.39 is 15.8 Å². The Bertz CT molecular complexity index is 2770. The average Bonchev–Trinajstić information content (AvgIpc) is 3.32. The van der Waals surface area contributed by atoms with Crippen LogP contribution in [0.15, 0.2) is 231 Å². The molecular formula is C60H50P2. The largest absolute Gasteiger partial charge is 0.0622 e. The van der Waals surface area contributed by atoms with Crippen LogP contribution in [0.2, 0.25) is 0 Å². The maximum absolute atomic E-state index is 2.42. The first-order valence-corrected chi connectivity index (χ1v) is 24.1. The second-order valence-corrected chi connectivity index (χ2v) is 20.3. The van der Waals surface area contributed by atoms with Gasteiger partial charge in [-0.25, -0.2) is 0 Å². The van der Waals surface area contributed by atoms with E-state index in [0.29, 0.717) is 0 Å². The van der Waals surface area contributed by atoms with Gasteiger partial charge in [-0.15, -0.1) is 0 Å². The fourth-order valence-electron chi connectivity index (χ4n) is 9.00. The molecule has 2 heteroatoms. The lowest BCUT2D eigenvalue weighted by molar-refractivity contribution is 1.32. The lowest BCUT2D eigenvalue weighted by atomic mass is 9.90. The van der Waals surface area contributed by atoms with Crippen LogP contribution >= 0.6 is 15.8 Å². The zero-order valence-electron chi connectivity index (χ0n) is 35.8. The number of rotatable bonds is 8. The lowest BCUT2D eigenvalue weighted by Gasteiger charge is -2.28. The second kappa shape index (κ2) is 18.7. The molecule has 0 aliphatic rings. The van der Waals surface area contributed by atoms with Gasteiger partial charge < -0.3 is 0 Å². The summed E-state index contributed by atoms with van der Waals surface area (Å²) in [5, 5.41) is 13.3. The van der Waals surface area contributed by atoms with Gasteiger partial charge in [0.25, 0.3) is 0 Å². The van der Waals surface area contributed by atoms with Crippen molar-refractivity contribution in [1.29, 1.82) is 0 Å². The van der Waals surface area contributed by atoms with E-state index in [1.807, 2.05) is 0 Å². The minimum Gasteiger partial charge on any atom is -0.0622 e. The van der Waals surface area contributed by atoms with E-state index in [0.717, 1.165) is 0 Å². The van der Waals surface area contributed by atoms with Crippen LogP contribution in [0.25, 0.3) is 43.8 Å². The van der Waals surface area contributed by atoms with Crippen molar-refractivity contribution < 1.29 is 0 Å². The summed E-state index contributed by atoms with van der Waals surface area (Å²) in [7, 11) is -1.70. The number of benzene rings is 10. The average molecular weight is 833 g/mol. The highest BCUT2D eigenvalue weighted by Gasteiger charge is 2.28. The maximum Gasteiger partial charge on any atom is -0.000884 e. The van der Waals surface area contributed by atoms with Crippen molar-refractivity contribution in [2.45, 2.75) is 27.7 Å². The molecule has 0 aromatic heterocycles. The zero-order chi connectivity index (χ0) is 42.4. The van der Waals surface area contributed by atoms with Crippen molar-refractivity contribution in [3.8, 4) is 22.3 Å². The molecule has 0 nitrogen and oxygen atoms in total. The SMILES string of the molecule is Cc1cccc(C)c1-c1c(C)cccc1C.c1ccc(P(c2ccccc2)c2ccc3ccccc3c2-c2c(P(c3ccccc3)c3ccccc3)ccc3ccccc23)cc1. The standard InChI is InChI=1S/C44H32P2.C16H18/c1-5-19-35(20-6-1)45(36-21-7-2-8-22-36)41-31-29-33-17-13-15-27-39(33)43(41)44-40-28-16-14-18-34(40)30-32-42(44)46(37-23-9-3-10-24-37)38-25-11-4-12-26-38;1-11-7-5-8-12(2)15(11)16-13(3)9-6-10-14(16)4/h1-32H;5-10H,1-4H3. The summed E-state index contributed by atoms with van der Waals surface area (Å²) in [6.45, 7) is 8.75. The molecule has 0 spiro atoms. The molecule has 0 atom stereocenters. The topological polar surface area (TPSA) is 0 Å². The highest BCUT2D eigenvalue weighted by Crippen LogP contribution is 2.45. The van der Waals surface area contributed by atoms with Crippen molar-refractivity contribution in [1.82, 2.24) is 0 Å². The molecule has 300 valence electrons. The molecule has 10 aromatic rings. The van der Waals surface area contributed by atoms with Gasteiger partial charge in [0.2, 0.25) is 0 Å². The van der Waals surface area contributed by atoms with E-state index in [9.17, 15) is 0 Å². The first-order valence-electron chi connectivity index (χ1n) is 21.4. The molecule has 0 aliphatic heterocycles. The third kappa shape index (κ3) is 8.30. The van der Waals surface area contributed by atoms with Crippen LogP contribution in [-0.2, 0) is 0 Å². The molecule has 62 heavy (non-hydrogen) atoms. The highest BCUT2D eigenvalue weighted by molar-refractivity contribution is 7.80. The van der Waals surface area contributed by atoms with Crippen molar-refractivity contribution in [3.63, 3.8) is 0 Å². The van der Waals surface area contributed by atoms with Crippen molar-refractivity contribution in [2.75, 3.05) is 0 Å². The summed E-state index contributed by atoms with van der Waals surface area (Å²) < 4.78 is 0. The number of fused-ring (bicyclic) bond motifs is 2. The molecule has 10 aromatic carbocycles. The Labute approximate surface area is 370 Å². The summed E-state index contributed by atoms with van der Waals surface area (Å²) in [5.74, 6) is 0. The van der Waals surface area contributed by atoms with Gasteiger partial charge in [-0.05, 0) is 141 Å². The predicted octanol–water partition coefficient (Wildman–Crippen LogP) is 13.8. The maximum atomic E-state index is 2.42. The Hall–Kier alpha value is -6.42. The normalized spacial score (nSPS) is 11.2. The molecule has 0 fully saturated rings.